The quantitative estimate of drug-likeness (QED) is 0.169. The summed E-state index contributed by atoms with van der Waals surface area (Å²) in [6.07, 6.45) is 12.7. The van der Waals surface area contributed by atoms with Gasteiger partial charge >= 0.3 is 5.97 Å². The summed E-state index contributed by atoms with van der Waals surface area (Å²) in [7, 11) is 0. The van der Waals surface area contributed by atoms with Crippen molar-refractivity contribution in [3.8, 4) is 21.9 Å². The minimum atomic E-state index is -0.846. The molecule has 0 aliphatic heterocycles. The zero-order valence-corrected chi connectivity index (χ0v) is 23.1. The normalized spacial score (nSPS) is 17.1. The van der Waals surface area contributed by atoms with Gasteiger partial charge in [0.2, 0.25) is 0 Å². The molecule has 206 valence electrons. The van der Waals surface area contributed by atoms with Crippen LogP contribution in [0.4, 0.5) is 5.69 Å². The van der Waals surface area contributed by atoms with E-state index in [0.29, 0.717) is 30.4 Å². The first-order valence-electron chi connectivity index (χ1n) is 13.5. The molecule has 3 N–H and O–H groups in total. The van der Waals surface area contributed by atoms with Gasteiger partial charge in [0.15, 0.2) is 0 Å². The Morgan fingerprint density at radius 3 is 2.50 bits per heavy atom. The molecule has 2 aliphatic carbocycles. The number of ether oxygens (including phenoxy) is 2. The number of rotatable bonds is 11. The Bertz CT molecular complexity index is 1420. The summed E-state index contributed by atoms with van der Waals surface area (Å²) in [5.74, 6) is 0.588. The number of benzene rings is 2. The first-order chi connectivity index (χ1) is 19.5. The van der Waals surface area contributed by atoms with E-state index in [1.807, 2.05) is 48.6 Å². The average molecular weight is 556 g/mol. The van der Waals surface area contributed by atoms with E-state index in [1.54, 1.807) is 29.5 Å². The lowest BCUT2D eigenvalue weighted by Crippen LogP contribution is -2.37. The number of hydrogen-bond acceptors (Lipinski definition) is 7. The fourth-order valence-corrected chi connectivity index (χ4v) is 5.73. The molecule has 5 rings (SSSR count). The van der Waals surface area contributed by atoms with E-state index in [2.05, 4.69) is 28.0 Å². The van der Waals surface area contributed by atoms with Crippen LogP contribution >= 0.6 is 11.3 Å². The van der Waals surface area contributed by atoms with Crippen LogP contribution in [0.2, 0.25) is 0 Å². The monoisotopic (exact) mass is 555 g/mol. The molecule has 0 unspecified atom stereocenters. The Hall–Kier alpha value is -4.17. The number of nitrogens with one attached hydrogen (secondary N) is 2. The van der Waals surface area contributed by atoms with E-state index in [1.165, 1.54) is 6.42 Å². The van der Waals surface area contributed by atoms with E-state index in [4.69, 9.17) is 20.0 Å². The summed E-state index contributed by atoms with van der Waals surface area (Å²) in [6, 6.07) is 17.5. The highest BCUT2D eigenvalue weighted by Gasteiger charge is 2.34. The maximum absolute atomic E-state index is 11.0. The van der Waals surface area contributed by atoms with E-state index >= 15 is 0 Å². The summed E-state index contributed by atoms with van der Waals surface area (Å²) >= 11 is 1.68. The van der Waals surface area contributed by atoms with Crippen molar-refractivity contribution in [1.82, 2.24) is 0 Å². The Morgan fingerprint density at radius 2 is 1.77 bits per heavy atom. The Kier molecular flexibility index (Phi) is 8.76. The highest BCUT2D eigenvalue weighted by molar-refractivity contribution is 7.13. The molecule has 1 fully saturated rings. The number of thiophene rings is 1. The molecule has 0 bridgehead atoms. The largest absolute Gasteiger partial charge is 0.493 e. The number of carboxylic acids is 1. The van der Waals surface area contributed by atoms with Gasteiger partial charge in [-0.15, -0.1) is 11.3 Å². The van der Waals surface area contributed by atoms with Crippen molar-refractivity contribution in [2.45, 2.75) is 38.5 Å². The number of carbonyl (C=O) groups is 1. The molecular formula is C32H33N3O4S. The fraction of sp³-hybridized carbons (Fsp3) is 0.281. The van der Waals surface area contributed by atoms with E-state index in [9.17, 15) is 4.79 Å². The molecule has 0 radical (unpaired) electrons. The molecule has 0 amide bonds. The summed E-state index contributed by atoms with van der Waals surface area (Å²) in [5, 5.41) is 23.7. The Morgan fingerprint density at radius 1 is 1.00 bits per heavy atom. The number of allylic oxidation sites excluding steroid dienone is 4. The van der Waals surface area contributed by atoms with Gasteiger partial charge in [-0.3, -0.25) is 15.6 Å². The standard InChI is InChI=1S/C32H33N3O4S/c33-26-7-2-3-8-27(26)34-35-28-20-24(30-9-6-18-40-30)12-15-29(28)39-22-32(16-4-1-5-17-32)21-38-25-13-10-23(11-14-25)19-31(36)37/h2-3,6-15,18,20,33,35H,1,4-5,16-17,19,21-22H2,(H,36,37)/b33-26?,34-27-. The maximum atomic E-state index is 11.0. The maximum Gasteiger partial charge on any atom is 0.307 e. The van der Waals surface area contributed by atoms with Crippen molar-refractivity contribution in [3.63, 3.8) is 0 Å². The van der Waals surface area contributed by atoms with Gasteiger partial charge in [-0.1, -0.05) is 49.6 Å². The molecule has 0 saturated heterocycles. The second-order valence-corrected chi connectivity index (χ2v) is 11.2. The molecule has 0 atom stereocenters. The zero-order valence-electron chi connectivity index (χ0n) is 22.3. The van der Waals surface area contributed by atoms with Gasteiger partial charge in [-0.2, -0.15) is 5.10 Å². The van der Waals surface area contributed by atoms with Gasteiger partial charge < -0.3 is 14.6 Å². The van der Waals surface area contributed by atoms with Crippen LogP contribution in [0, 0.1) is 10.8 Å². The molecule has 0 spiro atoms. The van der Waals surface area contributed by atoms with Gasteiger partial charge in [0.1, 0.15) is 17.2 Å². The van der Waals surface area contributed by atoms with E-state index in [-0.39, 0.29) is 11.8 Å². The third-order valence-electron chi connectivity index (χ3n) is 7.26. The van der Waals surface area contributed by atoms with Crippen molar-refractivity contribution in [1.29, 1.82) is 5.41 Å². The molecule has 8 heteroatoms. The first kappa shape index (κ1) is 27.4. The van der Waals surface area contributed by atoms with Crippen LogP contribution in [-0.2, 0) is 11.2 Å². The average Bonchev–Trinajstić information content (AvgIpc) is 3.51. The second kappa shape index (κ2) is 12.8. The summed E-state index contributed by atoms with van der Waals surface area (Å²) < 4.78 is 12.7. The minimum absolute atomic E-state index is 0.000631. The highest BCUT2D eigenvalue weighted by atomic mass is 32.1. The summed E-state index contributed by atoms with van der Waals surface area (Å²) in [5.41, 5.74) is 6.50. The van der Waals surface area contributed by atoms with Crippen molar-refractivity contribution in [2.24, 2.45) is 10.5 Å². The zero-order chi connectivity index (χ0) is 27.8. The number of carboxylic acid groups (broad SMARTS) is 1. The number of aliphatic carboxylic acids is 1. The van der Waals surface area contributed by atoms with Crippen molar-refractivity contribution >= 4 is 34.4 Å². The van der Waals surface area contributed by atoms with Crippen LogP contribution in [0.1, 0.15) is 37.7 Å². The number of hydrogen-bond donors (Lipinski definition) is 3. The van der Waals surface area contributed by atoms with Crippen molar-refractivity contribution in [3.05, 3.63) is 89.8 Å². The van der Waals surface area contributed by atoms with Gasteiger partial charge in [0.05, 0.1) is 31.0 Å². The minimum Gasteiger partial charge on any atom is -0.493 e. The van der Waals surface area contributed by atoms with Crippen LogP contribution in [-0.4, -0.2) is 35.7 Å². The van der Waals surface area contributed by atoms with Gasteiger partial charge in [-0.05, 0) is 77.9 Å². The summed E-state index contributed by atoms with van der Waals surface area (Å²) in [4.78, 5) is 12.1. The number of anilines is 1. The number of nitrogens with zero attached hydrogens (tertiary/aromatic N) is 1. The lowest BCUT2D eigenvalue weighted by molar-refractivity contribution is -0.136. The molecule has 2 aliphatic rings. The topological polar surface area (TPSA) is 104 Å². The van der Waals surface area contributed by atoms with Gasteiger partial charge in [-0.25, -0.2) is 0 Å². The Labute approximate surface area is 238 Å². The molecule has 1 heterocycles. The SMILES string of the molecule is N=C1C=CC=C/C1=N/Nc1cc(-c2cccs2)ccc1OCC1(COc2ccc(CC(=O)O)cc2)CCCCC1. The molecule has 1 aromatic heterocycles. The lowest BCUT2D eigenvalue weighted by atomic mass is 9.75. The smallest absolute Gasteiger partial charge is 0.307 e. The fourth-order valence-electron chi connectivity index (χ4n) is 5.01. The van der Waals surface area contributed by atoms with E-state index in [0.717, 1.165) is 53.1 Å². The molecule has 3 aromatic rings. The van der Waals surface area contributed by atoms with Crippen LogP contribution in [0.3, 0.4) is 0 Å². The highest BCUT2D eigenvalue weighted by Crippen LogP contribution is 2.39. The molecule has 1 saturated carbocycles. The third kappa shape index (κ3) is 7.07. The second-order valence-electron chi connectivity index (χ2n) is 10.3. The molecule has 7 nitrogen and oxygen atoms in total. The lowest BCUT2D eigenvalue weighted by Gasteiger charge is -2.36. The van der Waals surface area contributed by atoms with Gasteiger partial charge in [0.25, 0.3) is 0 Å². The number of hydrazone groups is 1. The predicted octanol–water partition coefficient (Wildman–Crippen LogP) is 7.36. The van der Waals surface area contributed by atoms with Gasteiger partial charge in [0, 0.05) is 10.3 Å². The van der Waals surface area contributed by atoms with Crippen LogP contribution in [0.5, 0.6) is 11.5 Å². The summed E-state index contributed by atoms with van der Waals surface area (Å²) in [6.45, 7) is 1.03. The third-order valence-corrected chi connectivity index (χ3v) is 8.18. The Balaban J connectivity index is 1.32. The van der Waals surface area contributed by atoms with Crippen molar-refractivity contribution < 1.29 is 19.4 Å². The van der Waals surface area contributed by atoms with Crippen LogP contribution in [0.25, 0.3) is 10.4 Å². The molecular weight excluding hydrogens is 522 g/mol. The van der Waals surface area contributed by atoms with Crippen molar-refractivity contribution in [2.75, 3.05) is 18.6 Å². The first-order valence-corrected chi connectivity index (χ1v) is 14.4. The van der Waals surface area contributed by atoms with E-state index < -0.39 is 5.97 Å². The molecule has 2 aromatic carbocycles. The van der Waals surface area contributed by atoms with Crippen LogP contribution < -0.4 is 14.9 Å². The molecule has 40 heavy (non-hydrogen) atoms. The predicted molar refractivity (Wildman–Crippen MR) is 161 cm³/mol. The van der Waals surface area contributed by atoms with Crippen LogP contribution in [0.15, 0.2) is 89.4 Å².